The molecule has 0 amide bonds. The Balaban J connectivity index is 2.13. The fourth-order valence-corrected chi connectivity index (χ4v) is 2.70. The second-order valence-electron chi connectivity index (χ2n) is 3.68. The van der Waals surface area contributed by atoms with Gasteiger partial charge in [-0.3, -0.25) is 4.79 Å². The number of thiophene rings is 1. The standard InChI is InChI=1S/C11H14O2S/c1-2-3-10-9(6-11(12)13-10)8-4-5-14-7-8/h4-5,7,9-10H,2-3,6H2,1H3/t9-,10-/m1/s1. The Morgan fingerprint density at radius 2 is 2.50 bits per heavy atom. The highest BCUT2D eigenvalue weighted by Gasteiger charge is 2.35. The fraction of sp³-hybridized carbons (Fsp3) is 0.545. The number of hydrogen-bond donors (Lipinski definition) is 0. The second-order valence-corrected chi connectivity index (χ2v) is 4.46. The van der Waals surface area contributed by atoms with Crippen molar-refractivity contribution >= 4 is 17.3 Å². The van der Waals surface area contributed by atoms with Crippen molar-refractivity contribution in [2.45, 2.75) is 38.2 Å². The summed E-state index contributed by atoms with van der Waals surface area (Å²) < 4.78 is 5.30. The minimum Gasteiger partial charge on any atom is -0.462 e. The van der Waals surface area contributed by atoms with Gasteiger partial charge in [0.15, 0.2) is 0 Å². The summed E-state index contributed by atoms with van der Waals surface area (Å²) in [5, 5.41) is 4.18. The molecule has 76 valence electrons. The zero-order valence-corrected chi connectivity index (χ0v) is 9.05. The molecule has 2 rings (SSSR count). The van der Waals surface area contributed by atoms with Crippen molar-refractivity contribution in [3.63, 3.8) is 0 Å². The Kier molecular flexibility index (Phi) is 2.87. The van der Waals surface area contributed by atoms with Gasteiger partial charge in [0.25, 0.3) is 0 Å². The summed E-state index contributed by atoms with van der Waals surface area (Å²) in [6, 6.07) is 2.10. The van der Waals surface area contributed by atoms with Crippen molar-refractivity contribution in [1.82, 2.24) is 0 Å². The summed E-state index contributed by atoms with van der Waals surface area (Å²) >= 11 is 1.68. The minimum atomic E-state index is -0.0420. The summed E-state index contributed by atoms with van der Waals surface area (Å²) in [6.45, 7) is 2.12. The fourth-order valence-electron chi connectivity index (χ4n) is 1.97. The van der Waals surface area contributed by atoms with Gasteiger partial charge >= 0.3 is 5.97 Å². The van der Waals surface area contributed by atoms with Crippen LogP contribution in [0.25, 0.3) is 0 Å². The molecule has 14 heavy (non-hydrogen) atoms. The third-order valence-corrected chi connectivity index (χ3v) is 3.36. The van der Waals surface area contributed by atoms with Crippen LogP contribution in [0.3, 0.4) is 0 Å². The Morgan fingerprint density at radius 3 is 3.14 bits per heavy atom. The van der Waals surface area contributed by atoms with Crippen LogP contribution < -0.4 is 0 Å². The predicted octanol–water partition coefficient (Wildman–Crippen LogP) is 2.95. The lowest BCUT2D eigenvalue weighted by atomic mass is 9.92. The van der Waals surface area contributed by atoms with E-state index in [1.165, 1.54) is 5.56 Å². The van der Waals surface area contributed by atoms with E-state index < -0.39 is 0 Å². The highest BCUT2D eigenvalue weighted by Crippen LogP contribution is 2.35. The van der Waals surface area contributed by atoms with E-state index in [2.05, 4.69) is 23.8 Å². The van der Waals surface area contributed by atoms with Crippen LogP contribution in [-0.2, 0) is 9.53 Å². The van der Waals surface area contributed by atoms with Gasteiger partial charge in [-0.05, 0) is 28.8 Å². The highest BCUT2D eigenvalue weighted by atomic mass is 32.1. The quantitative estimate of drug-likeness (QED) is 0.717. The lowest BCUT2D eigenvalue weighted by Crippen LogP contribution is -2.13. The van der Waals surface area contributed by atoms with Gasteiger partial charge in [-0.2, -0.15) is 11.3 Å². The van der Waals surface area contributed by atoms with E-state index in [0.29, 0.717) is 12.3 Å². The summed E-state index contributed by atoms with van der Waals surface area (Å²) in [4.78, 5) is 11.2. The number of esters is 1. The van der Waals surface area contributed by atoms with Crippen LogP contribution in [0.5, 0.6) is 0 Å². The minimum absolute atomic E-state index is 0.0420. The van der Waals surface area contributed by atoms with Crippen molar-refractivity contribution in [1.29, 1.82) is 0 Å². The smallest absolute Gasteiger partial charge is 0.306 e. The highest BCUT2D eigenvalue weighted by molar-refractivity contribution is 7.08. The molecule has 1 aromatic heterocycles. The van der Waals surface area contributed by atoms with Gasteiger partial charge in [0.2, 0.25) is 0 Å². The van der Waals surface area contributed by atoms with E-state index >= 15 is 0 Å². The van der Waals surface area contributed by atoms with Gasteiger partial charge < -0.3 is 4.74 Å². The Morgan fingerprint density at radius 1 is 1.64 bits per heavy atom. The van der Waals surface area contributed by atoms with E-state index in [1.54, 1.807) is 11.3 Å². The zero-order chi connectivity index (χ0) is 9.97. The van der Waals surface area contributed by atoms with Crippen molar-refractivity contribution in [2.75, 3.05) is 0 Å². The Labute approximate surface area is 87.9 Å². The summed E-state index contributed by atoms with van der Waals surface area (Å²) in [5.41, 5.74) is 1.26. The van der Waals surface area contributed by atoms with Crippen molar-refractivity contribution in [2.24, 2.45) is 0 Å². The van der Waals surface area contributed by atoms with E-state index in [4.69, 9.17) is 4.74 Å². The van der Waals surface area contributed by atoms with Crippen molar-refractivity contribution < 1.29 is 9.53 Å². The Bertz CT molecular complexity index is 305. The van der Waals surface area contributed by atoms with Crippen LogP contribution in [0, 0.1) is 0 Å². The summed E-state index contributed by atoms with van der Waals surface area (Å²) in [6.07, 6.45) is 2.72. The average Bonchev–Trinajstić information content (AvgIpc) is 2.74. The molecule has 1 aliphatic rings. The van der Waals surface area contributed by atoms with Gasteiger partial charge in [-0.1, -0.05) is 13.3 Å². The molecule has 0 unspecified atom stereocenters. The van der Waals surface area contributed by atoms with Crippen molar-refractivity contribution in [3.8, 4) is 0 Å². The van der Waals surface area contributed by atoms with Gasteiger partial charge in [0.1, 0.15) is 6.10 Å². The molecule has 2 heterocycles. The van der Waals surface area contributed by atoms with E-state index in [9.17, 15) is 4.79 Å². The first-order chi connectivity index (χ1) is 6.81. The number of carbonyl (C=O) groups is 1. The predicted molar refractivity (Wildman–Crippen MR) is 56.5 cm³/mol. The molecule has 2 atom stereocenters. The summed E-state index contributed by atoms with van der Waals surface area (Å²) in [7, 11) is 0. The SMILES string of the molecule is CCC[C@H]1OC(=O)C[C@@H]1c1ccsc1. The number of hydrogen-bond acceptors (Lipinski definition) is 3. The molecule has 0 aliphatic carbocycles. The lowest BCUT2D eigenvalue weighted by molar-refractivity contribution is -0.141. The van der Waals surface area contributed by atoms with Gasteiger partial charge in [0, 0.05) is 5.92 Å². The van der Waals surface area contributed by atoms with E-state index in [0.717, 1.165) is 12.8 Å². The molecule has 0 radical (unpaired) electrons. The molecule has 1 aliphatic heterocycles. The van der Waals surface area contributed by atoms with Crippen LogP contribution in [0.1, 0.15) is 37.7 Å². The molecule has 0 bridgehead atoms. The zero-order valence-electron chi connectivity index (χ0n) is 8.23. The molecule has 1 saturated heterocycles. The van der Waals surface area contributed by atoms with E-state index in [-0.39, 0.29) is 12.1 Å². The van der Waals surface area contributed by atoms with Crippen LogP contribution in [-0.4, -0.2) is 12.1 Å². The van der Waals surface area contributed by atoms with Crippen LogP contribution in [0.4, 0.5) is 0 Å². The lowest BCUT2D eigenvalue weighted by Gasteiger charge is -2.15. The number of cyclic esters (lactones) is 1. The largest absolute Gasteiger partial charge is 0.462 e. The van der Waals surface area contributed by atoms with Crippen LogP contribution in [0.2, 0.25) is 0 Å². The molecule has 1 aromatic rings. The van der Waals surface area contributed by atoms with E-state index in [1.807, 2.05) is 0 Å². The first-order valence-corrected chi connectivity index (χ1v) is 5.97. The molecule has 2 nitrogen and oxygen atoms in total. The topological polar surface area (TPSA) is 26.3 Å². The molecule has 3 heteroatoms. The normalized spacial score (nSPS) is 26.5. The first-order valence-electron chi connectivity index (χ1n) is 5.03. The maximum absolute atomic E-state index is 11.2. The molecule has 1 fully saturated rings. The Hall–Kier alpha value is -0.830. The number of carbonyl (C=O) groups excluding carboxylic acids is 1. The van der Waals surface area contributed by atoms with Crippen LogP contribution in [0.15, 0.2) is 16.8 Å². The molecular formula is C11H14O2S. The molecule has 0 N–H and O–H groups in total. The summed E-state index contributed by atoms with van der Waals surface area (Å²) in [5.74, 6) is 0.258. The van der Waals surface area contributed by atoms with Gasteiger partial charge in [-0.25, -0.2) is 0 Å². The third kappa shape index (κ3) is 1.82. The number of rotatable bonds is 3. The molecule has 0 aromatic carbocycles. The van der Waals surface area contributed by atoms with Crippen LogP contribution >= 0.6 is 11.3 Å². The van der Waals surface area contributed by atoms with Crippen molar-refractivity contribution in [3.05, 3.63) is 22.4 Å². The third-order valence-electron chi connectivity index (χ3n) is 2.66. The average molecular weight is 210 g/mol. The first kappa shape index (κ1) is 9.71. The maximum atomic E-state index is 11.2. The molecular weight excluding hydrogens is 196 g/mol. The second kappa shape index (κ2) is 4.13. The van der Waals surface area contributed by atoms with Gasteiger partial charge in [-0.15, -0.1) is 0 Å². The maximum Gasteiger partial charge on any atom is 0.306 e. The number of ether oxygens (including phenoxy) is 1. The van der Waals surface area contributed by atoms with Gasteiger partial charge in [0.05, 0.1) is 6.42 Å². The molecule has 0 saturated carbocycles. The monoisotopic (exact) mass is 210 g/mol. The molecule has 0 spiro atoms.